The molecule has 0 spiro atoms. The van der Waals surface area contributed by atoms with Crippen LogP contribution in [0.4, 0.5) is 11.5 Å². The number of hydrogen-bond donors (Lipinski definition) is 2. The standard InChI is InChI=1S/C16H18ClN3O3/c1-9-7-11(17)5-6-12(9)18-14(21)16(3,4)15(22)19-13-8-10(2)23-20-13/h5-8H,1-4H3,(H,18,21)(H,19,20,22). The number of amides is 2. The molecule has 1 heterocycles. The van der Waals surface area contributed by atoms with Crippen molar-refractivity contribution in [2.75, 3.05) is 10.6 Å². The van der Waals surface area contributed by atoms with Gasteiger partial charge in [0.25, 0.3) is 0 Å². The molecule has 7 heteroatoms. The summed E-state index contributed by atoms with van der Waals surface area (Å²) in [7, 11) is 0. The summed E-state index contributed by atoms with van der Waals surface area (Å²) >= 11 is 5.89. The lowest BCUT2D eigenvalue weighted by Gasteiger charge is -2.22. The fourth-order valence-electron chi connectivity index (χ4n) is 1.85. The zero-order chi connectivity index (χ0) is 17.2. The van der Waals surface area contributed by atoms with Gasteiger partial charge in [0.1, 0.15) is 11.2 Å². The van der Waals surface area contributed by atoms with Crippen LogP contribution < -0.4 is 10.6 Å². The van der Waals surface area contributed by atoms with Gasteiger partial charge in [-0.2, -0.15) is 0 Å². The van der Waals surface area contributed by atoms with E-state index in [0.29, 0.717) is 16.5 Å². The van der Waals surface area contributed by atoms with Crippen LogP contribution in [-0.4, -0.2) is 17.0 Å². The van der Waals surface area contributed by atoms with E-state index in [1.807, 2.05) is 6.92 Å². The molecule has 1 aromatic heterocycles. The minimum atomic E-state index is -1.29. The second-order valence-electron chi connectivity index (χ2n) is 5.82. The Bertz CT molecular complexity index is 753. The Morgan fingerprint density at radius 3 is 2.35 bits per heavy atom. The van der Waals surface area contributed by atoms with Crippen molar-refractivity contribution in [1.29, 1.82) is 0 Å². The predicted molar refractivity (Wildman–Crippen MR) is 88.5 cm³/mol. The monoisotopic (exact) mass is 335 g/mol. The first-order valence-corrected chi connectivity index (χ1v) is 7.40. The normalized spacial score (nSPS) is 11.2. The van der Waals surface area contributed by atoms with Gasteiger partial charge >= 0.3 is 0 Å². The maximum absolute atomic E-state index is 12.5. The van der Waals surface area contributed by atoms with Gasteiger partial charge in [0, 0.05) is 16.8 Å². The summed E-state index contributed by atoms with van der Waals surface area (Å²) in [5.74, 6) is -0.0639. The molecule has 6 nitrogen and oxygen atoms in total. The summed E-state index contributed by atoms with van der Waals surface area (Å²) in [6, 6.07) is 6.69. The summed E-state index contributed by atoms with van der Waals surface area (Å²) in [6.45, 7) is 6.61. The van der Waals surface area contributed by atoms with Gasteiger partial charge in [-0.1, -0.05) is 16.8 Å². The van der Waals surface area contributed by atoms with Crippen LogP contribution in [0.25, 0.3) is 0 Å². The Morgan fingerprint density at radius 1 is 1.13 bits per heavy atom. The highest BCUT2D eigenvalue weighted by molar-refractivity contribution is 6.30. The predicted octanol–water partition coefficient (Wildman–Crippen LogP) is 3.55. The average molecular weight is 336 g/mol. The van der Waals surface area contributed by atoms with Crippen molar-refractivity contribution in [1.82, 2.24) is 5.16 Å². The van der Waals surface area contributed by atoms with Crippen LogP contribution >= 0.6 is 11.6 Å². The molecule has 0 unspecified atom stereocenters. The minimum absolute atomic E-state index is 0.274. The first-order chi connectivity index (χ1) is 10.7. The number of hydrogen-bond acceptors (Lipinski definition) is 4. The topological polar surface area (TPSA) is 84.2 Å². The molecule has 122 valence electrons. The first kappa shape index (κ1) is 17.0. The molecule has 0 aliphatic rings. The summed E-state index contributed by atoms with van der Waals surface area (Å²) in [4.78, 5) is 24.8. The highest BCUT2D eigenvalue weighted by Gasteiger charge is 2.36. The van der Waals surface area contributed by atoms with E-state index in [2.05, 4.69) is 15.8 Å². The maximum atomic E-state index is 12.5. The van der Waals surface area contributed by atoms with Gasteiger partial charge in [0.15, 0.2) is 5.82 Å². The molecule has 1 aromatic carbocycles. The summed E-state index contributed by atoms with van der Waals surface area (Å²) < 4.78 is 4.88. The number of rotatable bonds is 4. The lowest BCUT2D eigenvalue weighted by Crippen LogP contribution is -2.41. The summed E-state index contributed by atoms with van der Waals surface area (Å²) in [6.07, 6.45) is 0. The zero-order valence-corrected chi connectivity index (χ0v) is 14.1. The number of anilines is 2. The highest BCUT2D eigenvalue weighted by Crippen LogP contribution is 2.24. The van der Waals surface area contributed by atoms with Crippen molar-refractivity contribution in [2.24, 2.45) is 5.41 Å². The van der Waals surface area contributed by atoms with E-state index < -0.39 is 17.2 Å². The minimum Gasteiger partial charge on any atom is -0.360 e. The molecule has 2 aromatic rings. The van der Waals surface area contributed by atoms with Crippen molar-refractivity contribution in [2.45, 2.75) is 27.7 Å². The Hall–Kier alpha value is -2.34. The van der Waals surface area contributed by atoms with E-state index in [1.165, 1.54) is 13.8 Å². The van der Waals surface area contributed by atoms with Crippen LogP contribution in [0.3, 0.4) is 0 Å². The van der Waals surface area contributed by atoms with E-state index in [9.17, 15) is 9.59 Å². The van der Waals surface area contributed by atoms with E-state index in [-0.39, 0.29) is 5.82 Å². The van der Waals surface area contributed by atoms with Crippen molar-refractivity contribution >= 4 is 34.9 Å². The quantitative estimate of drug-likeness (QED) is 0.837. The third-order valence-electron chi connectivity index (χ3n) is 3.44. The SMILES string of the molecule is Cc1cc(NC(=O)C(C)(C)C(=O)Nc2ccc(Cl)cc2C)no1. The van der Waals surface area contributed by atoms with Crippen molar-refractivity contribution in [3.05, 3.63) is 40.6 Å². The number of nitrogens with one attached hydrogen (secondary N) is 2. The molecule has 0 atom stereocenters. The van der Waals surface area contributed by atoms with Crippen molar-refractivity contribution in [3.63, 3.8) is 0 Å². The van der Waals surface area contributed by atoms with Crippen LogP contribution in [-0.2, 0) is 9.59 Å². The number of aryl methyl sites for hydroxylation is 2. The molecule has 0 fully saturated rings. The van der Waals surface area contributed by atoms with Gasteiger partial charge in [-0.25, -0.2) is 0 Å². The number of carbonyl (C=O) groups excluding carboxylic acids is 2. The van der Waals surface area contributed by atoms with E-state index in [1.54, 1.807) is 31.2 Å². The third-order valence-corrected chi connectivity index (χ3v) is 3.68. The highest BCUT2D eigenvalue weighted by atomic mass is 35.5. The van der Waals surface area contributed by atoms with Crippen LogP contribution in [0.1, 0.15) is 25.2 Å². The Kier molecular flexibility index (Phi) is 4.75. The summed E-state index contributed by atoms with van der Waals surface area (Å²) in [5, 5.41) is 9.58. The Labute approximate surface area is 139 Å². The van der Waals surface area contributed by atoms with Gasteiger partial charge in [-0.15, -0.1) is 0 Å². The summed E-state index contributed by atoms with van der Waals surface area (Å²) in [5.41, 5.74) is 0.130. The Balaban J connectivity index is 2.11. The molecule has 0 saturated carbocycles. The van der Waals surface area contributed by atoms with Crippen LogP contribution in [0.15, 0.2) is 28.8 Å². The molecule has 0 aliphatic heterocycles. The van der Waals surface area contributed by atoms with Crippen LogP contribution in [0.2, 0.25) is 5.02 Å². The second kappa shape index (κ2) is 6.42. The zero-order valence-electron chi connectivity index (χ0n) is 13.4. The van der Waals surface area contributed by atoms with E-state index in [4.69, 9.17) is 16.1 Å². The molecule has 2 N–H and O–H groups in total. The Morgan fingerprint density at radius 2 is 1.78 bits per heavy atom. The number of benzene rings is 1. The third kappa shape index (κ3) is 3.90. The van der Waals surface area contributed by atoms with E-state index in [0.717, 1.165) is 5.56 Å². The number of halogens is 1. The van der Waals surface area contributed by atoms with Gasteiger partial charge in [-0.3, -0.25) is 9.59 Å². The van der Waals surface area contributed by atoms with Crippen molar-refractivity contribution < 1.29 is 14.1 Å². The second-order valence-corrected chi connectivity index (χ2v) is 6.25. The smallest absolute Gasteiger partial charge is 0.240 e. The average Bonchev–Trinajstić information content (AvgIpc) is 2.87. The molecule has 0 bridgehead atoms. The largest absolute Gasteiger partial charge is 0.360 e. The van der Waals surface area contributed by atoms with Crippen LogP contribution in [0, 0.1) is 19.3 Å². The lowest BCUT2D eigenvalue weighted by molar-refractivity contribution is -0.135. The van der Waals surface area contributed by atoms with Crippen molar-refractivity contribution in [3.8, 4) is 0 Å². The van der Waals surface area contributed by atoms with Gasteiger partial charge in [0.2, 0.25) is 11.8 Å². The molecule has 0 aliphatic carbocycles. The van der Waals surface area contributed by atoms with Gasteiger partial charge in [-0.05, 0) is 51.5 Å². The van der Waals surface area contributed by atoms with Crippen LogP contribution in [0.5, 0.6) is 0 Å². The molecular weight excluding hydrogens is 318 g/mol. The number of nitrogens with zero attached hydrogens (tertiary/aromatic N) is 1. The molecule has 0 radical (unpaired) electrons. The fraction of sp³-hybridized carbons (Fsp3) is 0.312. The lowest BCUT2D eigenvalue weighted by atomic mass is 9.90. The fourth-order valence-corrected chi connectivity index (χ4v) is 2.07. The molecule has 23 heavy (non-hydrogen) atoms. The molecule has 2 rings (SSSR count). The number of carbonyl (C=O) groups is 2. The molecule has 0 saturated heterocycles. The van der Waals surface area contributed by atoms with E-state index >= 15 is 0 Å². The number of aromatic nitrogens is 1. The van der Waals surface area contributed by atoms with Gasteiger partial charge < -0.3 is 15.2 Å². The first-order valence-electron chi connectivity index (χ1n) is 7.02. The molecule has 2 amide bonds. The van der Waals surface area contributed by atoms with Gasteiger partial charge in [0.05, 0.1) is 0 Å². The maximum Gasteiger partial charge on any atom is 0.240 e. The molecular formula is C16H18ClN3O3.